The topological polar surface area (TPSA) is 38.5 Å². The van der Waals surface area contributed by atoms with Crippen LogP contribution >= 0.6 is 0 Å². The molecule has 92 valence electrons. The molecule has 0 radical (unpaired) electrons. The normalized spacial score (nSPS) is 13.4. The Kier molecular flexibility index (Phi) is 10.3. The van der Waals surface area contributed by atoms with Gasteiger partial charge in [0.25, 0.3) is 0 Å². The molecule has 0 aliphatic rings. The third-order valence-corrected chi connectivity index (χ3v) is 2.83. The lowest BCUT2D eigenvalue weighted by Crippen LogP contribution is -2.39. The molecule has 0 aliphatic heterocycles. The first-order valence-corrected chi connectivity index (χ1v) is 6.24. The highest BCUT2D eigenvalue weighted by molar-refractivity contribution is 4.69. The number of nitrogens with two attached hydrogens (primary N) is 1. The van der Waals surface area contributed by atoms with E-state index in [0.717, 1.165) is 26.3 Å². The molecule has 3 heteroatoms. The van der Waals surface area contributed by atoms with Crippen molar-refractivity contribution in [3.05, 3.63) is 0 Å². The summed E-state index contributed by atoms with van der Waals surface area (Å²) in [6, 6.07) is 0.525. The lowest BCUT2D eigenvalue weighted by Gasteiger charge is -2.26. The molecule has 3 nitrogen and oxygen atoms in total. The summed E-state index contributed by atoms with van der Waals surface area (Å²) in [6.07, 6.45) is 5.10. The van der Waals surface area contributed by atoms with Crippen LogP contribution < -0.4 is 5.73 Å². The van der Waals surface area contributed by atoms with Crippen LogP contribution in [0, 0.1) is 0 Å². The van der Waals surface area contributed by atoms with E-state index in [0.29, 0.717) is 6.04 Å². The summed E-state index contributed by atoms with van der Waals surface area (Å²) < 4.78 is 5.34. The Labute approximate surface area is 95.0 Å². The van der Waals surface area contributed by atoms with E-state index in [1.165, 1.54) is 25.7 Å². The van der Waals surface area contributed by atoms with Crippen molar-refractivity contribution in [1.82, 2.24) is 4.90 Å². The van der Waals surface area contributed by atoms with Crippen LogP contribution in [0.15, 0.2) is 0 Å². The second-order valence-corrected chi connectivity index (χ2v) is 4.06. The molecule has 2 N–H and O–H groups in total. The van der Waals surface area contributed by atoms with Crippen LogP contribution in [0.4, 0.5) is 0 Å². The summed E-state index contributed by atoms with van der Waals surface area (Å²) in [6.45, 7) is 7.63. The van der Waals surface area contributed by atoms with Gasteiger partial charge in [-0.2, -0.15) is 0 Å². The van der Waals surface area contributed by atoms with Gasteiger partial charge < -0.3 is 10.5 Å². The van der Waals surface area contributed by atoms with Crippen molar-refractivity contribution in [3.63, 3.8) is 0 Å². The van der Waals surface area contributed by atoms with Gasteiger partial charge in [-0.15, -0.1) is 0 Å². The lowest BCUT2D eigenvalue weighted by molar-refractivity contribution is 0.106. The summed E-state index contributed by atoms with van der Waals surface area (Å²) in [5.74, 6) is 0. The minimum Gasteiger partial charge on any atom is -0.380 e. The quantitative estimate of drug-likeness (QED) is 0.567. The van der Waals surface area contributed by atoms with E-state index >= 15 is 0 Å². The molecular formula is C12H28N2O. The molecule has 0 amide bonds. The van der Waals surface area contributed by atoms with Gasteiger partial charge >= 0.3 is 0 Å². The van der Waals surface area contributed by atoms with Gasteiger partial charge in [0.2, 0.25) is 0 Å². The Morgan fingerprint density at radius 1 is 1.27 bits per heavy atom. The van der Waals surface area contributed by atoms with E-state index in [2.05, 4.69) is 18.9 Å². The fraction of sp³-hybridized carbons (Fsp3) is 1.00. The average Bonchev–Trinajstić information content (AvgIpc) is 2.24. The van der Waals surface area contributed by atoms with Crippen molar-refractivity contribution in [1.29, 1.82) is 0 Å². The molecule has 0 fully saturated rings. The van der Waals surface area contributed by atoms with Gasteiger partial charge in [-0.05, 0) is 20.4 Å². The highest BCUT2D eigenvalue weighted by Gasteiger charge is 2.11. The van der Waals surface area contributed by atoms with Crippen LogP contribution in [0.3, 0.4) is 0 Å². The third-order valence-electron chi connectivity index (χ3n) is 2.83. The fourth-order valence-electron chi connectivity index (χ4n) is 1.68. The second-order valence-electron chi connectivity index (χ2n) is 4.06. The molecule has 0 aromatic heterocycles. The van der Waals surface area contributed by atoms with Gasteiger partial charge in [-0.25, -0.2) is 0 Å². The molecule has 0 aliphatic carbocycles. The van der Waals surface area contributed by atoms with Gasteiger partial charge in [0, 0.05) is 25.7 Å². The number of unbranched alkanes of at least 4 members (excludes halogenated alkanes) is 2. The van der Waals surface area contributed by atoms with Crippen molar-refractivity contribution in [2.24, 2.45) is 5.73 Å². The number of likely N-dealkylation sites (N-methyl/N-ethyl adjacent to an activating group) is 1. The molecule has 1 atom stereocenters. The molecule has 0 saturated heterocycles. The SMILES string of the molecule is CCCCCC(CN)N(C)CCOCC. The van der Waals surface area contributed by atoms with Crippen LogP contribution in [-0.4, -0.2) is 44.3 Å². The zero-order valence-corrected chi connectivity index (χ0v) is 10.7. The fourth-order valence-corrected chi connectivity index (χ4v) is 1.68. The van der Waals surface area contributed by atoms with Gasteiger partial charge in [-0.1, -0.05) is 26.2 Å². The second kappa shape index (κ2) is 10.4. The standard InChI is InChI=1S/C12H28N2O/c1-4-6-7-8-12(11-13)14(3)9-10-15-5-2/h12H,4-11,13H2,1-3H3. The summed E-state index contributed by atoms with van der Waals surface area (Å²) in [5, 5.41) is 0. The Morgan fingerprint density at radius 2 is 2.00 bits per heavy atom. The Morgan fingerprint density at radius 3 is 2.53 bits per heavy atom. The van der Waals surface area contributed by atoms with Crippen molar-refractivity contribution in [2.75, 3.05) is 33.4 Å². The van der Waals surface area contributed by atoms with Crippen LogP contribution in [0.5, 0.6) is 0 Å². The summed E-state index contributed by atoms with van der Waals surface area (Å²) in [5.41, 5.74) is 5.78. The number of hydrogen-bond acceptors (Lipinski definition) is 3. The first-order valence-electron chi connectivity index (χ1n) is 6.24. The summed E-state index contributed by atoms with van der Waals surface area (Å²) >= 11 is 0. The number of nitrogens with zero attached hydrogens (tertiary/aromatic N) is 1. The molecule has 15 heavy (non-hydrogen) atoms. The maximum Gasteiger partial charge on any atom is 0.0593 e. The van der Waals surface area contributed by atoms with Crippen molar-refractivity contribution < 1.29 is 4.74 Å². The van der Waals surface area contributed by atoms with E-state index < -0.39 is 0 Å². The van der Waals surface area contributed by atoms with Crippen LogP contribution in [-0.2, 0) is 4.74 Å². The summed E-state index contributed by atoms with van der Waals surface area (Å²) in [4.78, 5) is 2.32. The maximum absolute atomic E-state index is 5.78. The Balaban J connectivity index is 3.62. The highest BCUT2D eigenvalue weighted by atomic mass is 16.5. The van der Waals surface area contributed by atoms with Gasteiger partial charge in [0.15, 0.2) is 0 Å². The van der Waals surface area contributed by atoms with Crippen LogP contribution in [0.2, 0.25) is 0 Å². The molecule has 0 aromatic rings. The Hall–Kier alpha value is -0.120. The molecule has 0 saturated carbocycles. The molecule has 0 aromatic carbocycles. The predicted octanol–water partition coefficient (Wildman–Crippen LogP) is 1.86. The van der Waals surface area contributed by atoms with Crippen molar-refractivity contribution >= 4 is 0 Å². The Bertz CT molecular complexity index is 131. The van der Waals surface area contributed by atoms with Crippen LogP contribution in [0.1, 0.15) is 39.5 Å². The minimum absolute atomic E-state index is 0.525. The number of ether oxygens (including phenoxy) is 1. The third kappa shape index (κ3) is 7.77. The molecule has 0 rings (SSSR count). The van der Waals surface area contributed by atoms with Crippen molar-refractivity contribution in [3.8, 4) is 0 Å². The monoisotopic (exact) mass is 216 g/mol. The van der Waals surface area contributed by atoms with Gasteiger partial charge in [0.1, 0.15) is 0 Å². The zero-order valence-electron chi connectivity index (χ0n) is 10.7. The summed E-state index contributed by atoms with van der Waals surface area (Å²) in [7, 11) is 2.14. The molecule has 0 heterocycles. The van der Waals surface area contributed by atoms with Crippen molar-refractivity contribution in [2.45, 2.75) is 45.6 Å². The highest BCUT2D eigenvalue weighted by Crippen LogP contribution is 2.07. The number of rotatable bonds is 10. The minimum atomic E-state index is 0.525. The van der Waals surface area contributed by atoms with E-state index in [1.54, 1.807) is 0 Å². The van der Waals surface area contributed by atoms with E-state index in [1.807, 2.05) is 6.92 Å². The molecular weight excluding hydrogens is 188 g/mol. The van der Waals surface area contributed by atoms with Crippen LogP contribution in [0.25, 0.3) is 0 Å². The predicted molar refractivity (Wildman–Crippen MR) is 66.1 cm³/mol. The van der Waals surface area contributed by atoms with E-state index in [9.17, 15) is 0 Å². The molecule has 0 bridgehead atoms. The maximum atomic E-state index is 5.78. The van der Waals surface area contributed by atoms with Gasteiger partial charge in [0.05, 0.1) is 6.61 Å². The first kappa shape index (κ1) is 14.9. The first-order chi connectivity index (χ1) is 7.26. The van der Waals surface area contributed by atoms with E-state index in [4.69, 9.17) is 10.5 Å². The largest absolute Gasteiger partial charge is 0.380 e. The smallest absolute Gasteiger partial charge is 0.0593 e. The van der Waals surface area contributed by atoms with Gasteiger partial charge in [-0.3, -0.25) is 4.90 Å². The zero-order chi connectivity index (χ0) is 11.5. The molecule has 0 spiro atoms. The molecule has 1 unspecified atom stereocenters. The lowest BCUT2D eigenvalue weighted by atomic mass is 10.1. The number of hydrogen-bond donors (Lipinski definition) is 1. The average molecular weight is 216 g/mol. The van der Waals surface area contributed by atoms with E-state index in [-0.39, 0.29) is 0 Å².